The van der Waals surface area contributed by atoms with Gasteiger partial charge in [-0.3, -0.25) is 9.69 Å². The Kier molecular flexibility index (Phi) is 7.02. The Bertz CT molecular complexity index is 1850. The normalized spacial score (nSPS) is 14.4. The number of aromatic amines is 1. The molecule has 0 aliphatic carbocycles. The van der Waals surface area contributed by atoms with Crippen molar-refractivity contribution in [3.05, 3.63) is 94.6 Å². The molecule has 5 nitrogen and oxygen atoms in total. The molecule has 4 heterocycles. The van der Waals surface area contributed by atoms with Gasteiger partial charge < -0.3 is 14.6 Å². The van der Waals surface area contributed by atoms with Crippen LogP contribution in [-0.2, 0) is 0 Å². The molecule has 1 N–H and O–H groups in total. The summed E-state index contributed by atoms with van der Waals surface area (Å²) < 4.78 is 8.75. The number of ether oxygens (including phenoxy) is 1. The van der Waals surface area contributed by atoms with Gasteiger partial charge in [0.25, 0.3) is 0 Å². The van der Waals surface area contributed by atoms with Crippen LogP contribution in [0.1, 0.15) is 12.8 Å². The van der Waals surface area contributed by atoms with Crippen molar-refractivity contribution in [2.24, 2.45) is 0 Å². The smallest absolute Gasteiger partial charge is 0.248 e. The van der Waals surface area contributed by atoms with Gasteiger partial charge in [0.05, 0.1) is 12.1 Å². The van der Waals surface area contributed by atoms with Crippen LogP contribution in [-0.4, -0.2) is 49.2 Å². The lowest BCUT2D eigenvalue weighted by Crippen LogP contribution is -2.46. The molecule has 40 heavy (non-hydrogen) atoms. The van der Waals surface area contributed by atoms with Crippen LogP contribution >= 0.6 is 22.7 Å². The van der Waals surface area contributed by atoms with E-state index in [0.29, 0.717) is 6.61 Å². The molecular weight excluding hydrogens is 535 g/mol. The second kappa shape index (κ2) is 11.1. The number of anilines is 1. The van der Waals surface area contributed by atoms with Crippen molar-refractivity contribution in [3.63, 3.8) is 0 Å². The molecule has 0 saturated carbocycles. The Morgan fingerprint density at radius 1 is 0.825 bits per heavy atom. The summed E-state index contributed by atoms with van der Waals surface area (Å²) in [7, 11) is 0. The van der Waals surface area contributed by atoms with Gasteiger partial charge in [0.1, 0.15) is 5.75 Å². The van der Waals surface area contributed by atoms with E-state index in [1.54, 1.807) is 6.07 Å². The van der Waals surface area contributed by atoms with Crippen molar-refractivity contribution in [1.29, 1.82) is 0 Å². The lowest BCUT2D eigenvalue weighted by atomic mass is 10.1. The van der Waals surface area contributed by atoms with E-state index in [2.05, 4.69) is 68.7 Å². The number of fused-ring (bicyclic) bond motifs is 3. The van der Waals surface area contributed by atoms with Gasteiger partial charge in [-0.15, -0.1) is 22.7 Å². The van der Waals surface area contributed by atoms with Crippen LogP contribution in [0.25, 0.3) is 41.5 Å². The minimum Gasteiger partial charge on any atom is -0.491 e. The van der Waals surface area contributed by atoms with E-state index in [1.165, 1.54) is 36.3 Å². The molecule has 1 fully saturated rings. The van der Waals surface area contributed by atoms with E-state index in [9.17, 15) is 4.79 Å². The fourth-order valence-corrected chi connectivity index (χ4v) is 7.70. The number of rotatable bonds is 8. The van der Waals surface area contributed by atoms with Crippen LogP contribution in [0.4, 0.5) is 5.69 Å². The molecule has 1 saturated heterocycles. The number of nitrogens with one attached hydrogen (secondary N) is 1. The highest BCUT2D eigenvalue weighted by Gasteiger charge is 2.20. The van der Waals surface area contributed by atoms with Crippen molar-refractivity contribution in [2.75, 3.05) is 44.2 Å². The van der Waals surface area contributed by atoms with Crippen molar-refractivity contribution >= 4 is 59.4 Å². The fourth-order valence-electron chi connectivity index (χ4n) is 5.77. The van der Waals surface area contributed by atoms with Gasteiger partial charge >= 0.3 is 0 Å². The highest BCUT2D eigenvalue weighted by Crippen LogP contribution is 2.41. The fraction of sp³-hybridized carbons (Fsp3) is 0.242. The lowest BCUT2D eigenvalue weighted by molar-refractivity contribution is 0.239. The Hall–Kier alpha value is -3.65. The zero-order valence-corrected chi connectivity index (χ0v) is 23.9. The first-order chi connectivity index (χ1) is 19.7. The first-order valence-electron chi connectivity index (χ1n) is 13.9. The summed E-state index contributed by atoms with van der Waals surface area (Å²) in [5, 5.41) is 5.90. The van der Waals surface area contributed by atoms with E-state index < -0.39 is 0 Å². The van der Waals surface area contributed by atoms with Gasteiger partial charge in [0.15, 0.2) is 0 Å². The van der Waals surface area contributed by atoms with E-state index in [1.807, 2.05) is 46.9 Å². The van der Waals surface area contributed by atoms with E-state index in [4.69, 9.17) is 4.74 Å². The maximum absolute atomic E-state index is 11.7. The maximum atomic E-state index is 11.7. The molecule has 202 valence electrons. The zero-order valence-electron chi connectivity index (χ0n) is 22.3. The molecule has 7 rings (SSSR count). The zero-order chi connectivity index (χ0) is 26.9. The van der Waals surface area contributed by atoms with Gasteiger partial charge in [0, 0.05) is 73.9 Å². The van der Waals surface area contributed by atoms with Gasteiger partial charge in [0.2, 0.25) is 5.56 Å². The number of H-pyrrole nitrogens is 1. The molecular formula is C33H31N3O2S2. The minimum atomic E-state index is -0.102. The summed E-state index contributed by atoms with van der Waals surface area (Å²) in [4.78, 5) is 21.1. The Labute approximate surface area is 241 Å². The summed E-state index contributed by atoms with van der Waals surface area (Å²) in [6, 6.07) is 27.3. The molecule has 0 unspecified atom stereocenters. The molecule has 3 aromatic heterocycles. The number of benzene rings is 3. The summed E-state index contributed by atoms with van der Waals surface area (Å²) in [6.07, 6.45) is 2.08. The number of aromatic nitrogens is 1. The third-order valence-corrected chi connectivity index (χ3v) is 9.88. The molecule has 0 bridgehead atoms. The molecule has 1 aliphatic heterocycles. The van der Waals surface area contributed by atoms with Gasteiger partial charge in [-0.25, -0.2) is 0 Å². The monoisotopic (exact) mass is 565 g/mol. The first kappa shape index (κ1) is 25.3. The van der Waals surface area contributed by atoms with Gasteiger partial charge in [-0.1, -0.05) is 30.3 Å². The van der Waals surface area contributed by atoms with Gasteiger partial charge in [-0.05, 0) is 67.2 Å². The summed E-state index contributed by atoms with van der Waals surface area (Å²) in [5.74, 6) is 0.751. The van der Waals surface area contributed by atoms with Crippen LogP contribution in [0.3, 0.4) is 0 Å². The van der Waals surface area contributed by atoms with Crippen LogP contribution in [0.2, 0.25) is 0 Å². The molecule has 3 aromatic carbocycles. The summed E-state index contributed by atoms with van der Waals surface area (Å²) in [6.45, 7) is 5.98. The van der Waals surface area contributed by atoms with Crippen LogP contribution in [0, 0.1) is 0 Å². The Morgan fingerprint density at radius 3 is 2.60 bits per heavy atom. The summed E-state index contributed by atoms with van der Waals surface area (Å²) >= 11 is 3.71. The highest BCUT2D eigenvalue weighted by molar-refractivity contribution is 7.22. The standard InChI is InChI=1S/C33H31N3O2S2/c37-32-13-12-23-6-3-9-28(33(23)34-32)38-20-2-1-15-35-16-18-36(19-17-35)27-8-5-11-30-26(27)22-31(40-30)24-7-4-10-29-25(24)14-21-39-29/h3-14,21-22H,1-2,15-20H2,(H,34,37). The maximum Gasteiger partial charge on any atom is 0.248 e. The van der Waals surface area contributed by atoms with E-state index >= 15 is 0 Å². The molecule has 0 spiro atoms. The SMILES string of the molecule is O=c1ccc2cccc(OCCCCN3CCN(c4cccc5sc(-c6cccc7sccc67)cc45)CC3)c2[nH]1. The lowest BCUT2D eigenvalue weighted by Gasteiger charge is -2.36. The average Bonchev–Trinajstić information content (AvgIpc) is 3.65. The highest BCUT2D eigenvalue weighted by atomic mass is 32.1. The summed E-state index contributed by atoms with van der Waals surface area (Å²) in [5.41, 5.74) is 3.38. The molecule has 7 heteroatoms. The second-order valence-electron chi connectivity index (χ2n) is 10.4. The molecule has 0 amide bonds. The Morgan fingerprint density at radius 2 is 1.68 bits per heavy atom. The minimum absolute atomic E-state index is 0.102. The number of unbranched alkanes of at least 4 members (excludes halogenated alkanes) is 1. The van der Waals surface area contributed by atoms with Crippen molar-refractivity contribution in [1.82, 2.24) is 9.88 Å². The molecule has 1 aliphatic rings. The number of pyridine rings is 1. The molecule has 0 atom stereocenters. The van der Waals surface area contributed by atoms with Crippen LogP contribution < -0.4 is 15.2 Å². The molecule has 6 aromatic rings. The first-order valence-corrected chi connectivity index (χ1v) is 15.6. The third kappa shape index (κ3) is 5.01. The van der Waals surface area contributed by atoms with Gasteiger partial charge in [-0.2, -0.15) is 0 Å². The number of hydrogen-bond donors (Lipinski definition) is 1. The predicted octanol–water partition coefficient (Wildman–Crippen LogP) is 7.61. The number of nitrogens with zero attached hydrogens (tertiary/aromatic N) is 2. The van der Waals surface area contributed by atoms with E-state index in [0.717, 1.165) is 62.2 Å². The third-order valence-electron chi connectivity index (χ3n) is 7.86. The predicted molar refractivity (Wildman–Crippen MR) is 171 cm³/mol. The van der Waals surface area contributed by atoms with Crippen molar-refractivity contribution < 1.29 is 4.74 Å². The van der Waals surface area contributed by atoms with Crippen LogP contribution in [0.15, 0.2) is 89.0 Å². The number of hydrogen-bond acceptors (Lipinski definition) is 6. The van der Waals surface area contributed by atoms with Crippen molar-refractivity contribution in [2.45, 2.75) is 12.8 Å². The van der Waals surface area contributed by atoms with E-state index in [-0.39, 0.29) is 5.56 Å². The quantitative estimate of drug-likeness (QED) is 0.193. The number of para-hydroxylation sites is 1. The number of thiophene rings is 2. The number of piperazine rings is 1. The molecule has 0 radical (unpaired) electrons. The Balaban J connectivity index is 0.948. The topological polar surface area (TPSA) is 48.6 Å². The van der Waals surface area contributed by atoms with Crippen molar-refractivity contribution in [3.8, 4) is 16.2 Å². The largest absolute Gasteiger partial charge is 0.491 e. The second-order valence-corrected chi connectivity index (χ2v) is 12.4. The average molecular weight is 566 g/mol. The van der Waals surface area contributed by atoms with Crippen LogP contribution in [0.5, 0.6) is 5.75 Å².